The number of carbonyl (C=O) groups is 3. The number of nitrogens with one attached hydrogen (secondary N) is 1. The maximum absolute atomic E-state index is 13.1. The number of benzene rings is 1. The molecular formula is C21H26N4O4S. The summed E-state index contributed by atoms with van der Waals surface area (Å²) >= 11 is 1.48. The molecule has 2 saturated heterocycles. The van der Waals surface area contributed by atoms with Crippen LogP contribution in [0.25, 0.3) is 0 Å². The van der Waals surface area contributed by atoms with Crippen molar-refractivity contribution in [2.75, 3.05) is 18.9 Å². The van der Waals surface area contributed by atoms with Crippen molar-refractivity contribution in [1.29, 1.82) is 0 Å². The van der Waals surface area contributed by atoms with Gasteiger partial charge in [0.05, 0.1) is 6.61 Å². The third-order valence-corrected chi connectivity index (χ3v) is 6.94. The Morgan fingerprint density at radius 3 is 2.77 bits per heavy atom. The zero-order valence-corrected chi connectivity index (χ0v) is 18.0. The summed E-state index contributed by atoms with van der Waals surface area (Å²) in [6.45, 7) is 4.08. The number of thioether (sulfide) groups is 1. The third-order valence-electron chi connectivity index (χ3n) is 5.75. The number of hydrogen-bond donors (Lipinski definition) is 1. The van der Waals surface area contributed by atoms with E-state index in [1.165, 1.54) is 11.8 Å². The van der Waals surface area contributed by atoms with E-state index < -0.39 is 11.6 Å². The zero-order chi connectivity index (χ0) is 21.3. The van der Waals surface area contributed by atoms with Crippen LogP contribution in [-0.4, -0.2) is 63.3 Å². The van der Waals surface area contributed by atoms with Crippen LogP contribution in [0.15, 0.2) is 29.3 Å². The lowest BCUT2D eigenvalue weighted by Crippen LogP contribution is -2.47. The van der Waals surface area contributed by atoms with Crippen LogP contribution in [0.1, 0.15) is 39.5 Å². The first-order valence-electron chi connectivity index (χ1n) is 10.3. The Hall–Kier alpha value is -2.55. The Morgan fingerprint density at radius 1 is 1.30 bits per heavy atom. The van der Waals surface area contributed by atoms with Gasteiger partial charge >= 0.3 is 6.03 Å². The number of nitrogens with zero attached hydrogens (tertiary/aromatic N) is 3. The van der Waals surface area contributed by atoms with Gasteiger partial charge in [0.2, 0.25) is 5.91 Å². The fourth-order valence-corrected chi connectivity index (χ4v) is 5.37. The largest absolute Gasteiger partial charge is 0.492 e. The maximum atomic E-state index is 13.1. The molecule has 1 N–H and O–H groups in total. The minimum Gasteiger partial charge on any atom is -0.492 e. The molecule has 3 fully saturated rings. The summed E-state index contributed by atoms with van der Waals surface area (Å²) in [5.41, 5.74) is -0.163. The smallest absolute Gasteiger partial charge is 0.325 e. The van der Waals surface area contributed by atoms with Gasteiger partial charge in [-0.25, -0.2) is 9.79 Å². The summed E-state index contributed by atoms with van der Waals surface area (Å²) in [7, 11) is 0. The number of para-hydroxylation sites is 2. The van der Waals surface area contributed by atoms with Gasteiger partial charge in [-0.1, -0.05) is 36.7 Å². The number of urea groups is 1. The van der Waals surface area contributed by atoms with E-state index in [1.807, 2.05) is 38.1 Å². The van der Waals surface area contributed by atoms with E-state index >= 15 is 0 Å². The van der Waals surface area contributed by atoms with Crippen LogP contribution in [0.4, 0.5) is 10.5 Å². The van der Waals surface area contributed by atoms with Crippen molar-refractivity contribution in [3.8, 4) is 5.75 Å². The molecule has 4 rings (SSSR count). The van der Waals surface area contributed by atoms with Crippen LogP contribution in [0.3, 0.4) is 0 Å². The molecule has 1 unspecified atom stereocenters. The number of aliphatic imine (C=N–C) groups is 1. The molecular weight excluding hydrogens is 404 g/mol. The highest BCUT2D eigenvalue weighted by atomic mass is 32.2. The Bertz CT molecular complexity index is 897. The molecule has 1 atom stereocenters. The van der Waals surface area contributed by atoms with E-state index in [9.17, 15) is 14.4 Å². The second kappa shape index (κ2) is 8.29. The Morgan fingerprint density at radius 2 is 2.03 bits per heavy atom. The molecule has 1 aromatic carbocycles. The van der Waals surface area contributed by atoms with Crippen molar-refractivity contribution in [2.45, 2.75) is 51.1 Å². The van der Waals surface area contributed by atoms with Crippen molar-refractivity contribution in [1.82, 2.24) is 15.1 Å². The van der Waals surface area contributed by atoms with Crippen LogP contribution in [0.2, 0.25) is 0 Å². The first kappa shape index (κ1) is 20.7. The van der Waals surface area contributed by atoms with Gasteiger partial charge in [0.25, 0.3) is 5.91 Å². The van der Waals surface area contributed by atoms with Gasteiger partial charge in [-0.05, 0) is 38.8 Å². The van der Waals surface area contributed by atoms with Gasteiger partial charge in [0, 0.05) is 11.8 Å². The number of imide groups is 1. The summed E-state index contributed by atoms with van der Waals surface area (Å²) < 4.78 is 5.63. The monoisotopic (exact) mass is 430 g/mol. The molecule has 3 aliphatic rings. The van der Waals surface area contributed by atoms with E-state index in [2.05, 4.69) is 10.3 Å². The summed E-state index contributed by atoms with van der Waals surface area (Å²) in [5, 5.41) is 3.38. The normalized spacial score (nSPS) is 24.2. The summed E-state index contributed by atoms with van der Waals surface area (Å²) in [5.74, 6) is 0.764. The Balaban J connectivity index is 1.54. The van der Waals surface area contributed by atoms with E-state index in [1.54, 1.807) is 4.90 Å². The van der Waals surface area contributed by atoms with Crippen LogP contribution in [0, 0.1) is 0 Å². The standard InChI is InChI=1S/C21H26N4O4S/c1-3-29-16-9-5-4-8-15(16)22-20-25(14(2)13-30-20)17(26)12-24-18(27)21(23-19(24)28)10-6-7-11-21/h4-5,8-9,14H,3,6-7,10-13H2,1-2H3,(H,23,28). The third kappa shape index (κ3) is 3.66. The quantitative estimate of drug-likeness (QED) is 0.726. The van der Waals surface area contributed by atoms with E-state index in [-0.39, 0.29) is 24.4 Å². The fourth-order valence-electron chi connectivity index (χ4n) is 4.25. The number of amides is 4. The molecule has 1 spiro atoms. The van der Waals surface area contributed by atoms with Crippen molar-refractivity contribution in [3.05, 3.63) is 24.3 Å². The van der Waals surface area contributed by atoms with Crippen molar-refractivity contribution >= 4 is 40.5 Å². The molecule has 1 saturated carbocycles. The molecule has 2 heterocycles. The summed E-state index contributed by atoms with van der Waals surface area (Å²) in [4.78, 5) is 45.8. The molecule has 0 radical (unpaired) electrons. The molecule has 8 nitrogen and oxygen atoms in total. The predicted molar refractivity (Wildman–Crippen MR) is 115 cm³/mol. The summed E-state index contributed by atoms with van der Waals surface area (Å²) in [6, 6.07) is 6.86. The lowest BCUT2D eigenvalue weighted by molar-refractivity contribution is -0.137. The molecule has 0 aromatic heterocycles. The van der Waals surface area contributed by atoms with Gasteiger partial charge in [-0.3, -0.25) is 19.4 Å². The number of rotatable bonds is 5. The first-order valence-corrected chi connectivity index (χ1v) is 11.3. The number of hydrogen-bond acceptors (Lipinski definition) is 6. The number of amidine groups is 1. The highest BCUT2D eigenvalue weighted by Crippen LogP contribution is 2.36. The molecule has 160 valence electrons. The van der Waals surface area contributed by atoms with Gasteiger partial charge < -0.3 is 10.1 Å². The van der Waals surface area contributed by atoms with E-state index in [0.29, 0.717) is 41.8 Å². The van der Waals surface area contributed by atoms with Crippen LogP contribution in [-0.2, 0) is 9.59 Å². The van der Waals surface area contributed by atoms with Crippen LogP contribution >= 0.6 is 11.8 Å². The molecule has 2 aliphatic heterocycles. The average Bonchev–Trinajstić information content (AvgIpc) is 3.39. The average molecular weight is 431 g/mol. The molecule has 0 bridgehead atoms. The number of ether oxygens (including phenoxy) is 1. The fraction of sp³-hybridized carbons (Fsp3) is 0.524. The molecule has 1 aromatic rings. The molecule has 4 amide bonds. The van der Waals surface area contributed by atoms with E-state index in [0.717, 1.165) is 17.7 Å². The van der Waals surface area contributed by atoms with Crippen molar-refractivity contribution in [2.24, 2.45) is 4.99 Å². The highest BCUT2D eigenvalue weighted by Gasteiger charge is 2.53. The van der Waals surface area contributed by atoms with E-state index in [4.69, 9.17) is 4.74 Å². The molecule has 1 aliphatic carbocycles. The predicted octanol–water partition coefficient (Wildman–Crippen LogP) is 2.90. The number of carbonyl (C=O) groups excluding carboxylic acids is 3. The van der Waals surface area contributed by atoms with Crippen molar-refractivity contribution < 1.29 is 19.1 Å². The van der Waals surface area contributed by atoms with Gasteiger partial charge in [0.15, 0.2) is 5.17 Å². The minimum atomic E-state index is -0.809. The molecule has 9 heteroatoms. The second-order valence-corrected chi connectivity index (χ2v) is 8.82. The Labute approximate surface area is 180 Å². The van der Waals surface area contributed by atoms with Crippen LogP contribution < -0.4 is 10.1 Å². The molecule has 30 heavy (non-hydrogen) atoms. The summed E-state index contributed by atoms with van der Waals surface area (Å²) in [6.07, 6.45) is 3.09. The Kier molecular flexibility index (Phi) is 5.73. The highest BCUT2D eigenvalue weighted by molar-refractivity contribution is 8.14. The lowest BCUT2D eigenvalue weighted by atomic mass is 9.98. The maximum Gasteiger partial charge on any atom is 0.325 e. The lowest BCUT2D eigenvalue weighted by Gasteiger charge is -2.24. The minimum absolute atomic E-state index is 0.0817. The topological polar surface area (TPSA) is 91.3 Å². The zero-order valence-electron chi connectivity index (χ0n) is 17.2. The van der Waals surface area contributed by atoms with Gasteiger partial charge in [-0.2, -0.15) is 0 Å². The van der Waals surface area contributed by atoms with Crippen LogP contribution in [0.5, 0.6) is 5.75 Å². The van der Waals surface area contributed by atoms with Gasteiger partial charge in [-0.15, -0.1) is 0 Å². The first-order chi connectivity index (χ1) is 14.4. The van der Waals surface area contributed by atoms with Crippen molar-refractivity contribution in [3.63, 3.8) is 0 Å². The van der Waals surface area contributed by atoms with Gasteiger partial charge in [0.1, 0.15) is 23.5 Å². The second-order valence-electron chi connectivity index (χ2n) is 7.83. The SMILES string of the molecule is CCOc1ccccc1N=C1SCC(C)N1C(=O)CN1C(=O)NC2(CCCC2)C1=O.